The van der Waals surface area contributed by atoms with Crippen LogP contribution in [0.25, 0.3) is 5.65 Å². The number of aryl methyl sites for hydroxylation is 1. The molecular weight excluding hydrogens is 260 g/mol. The number of carbonyl (C=O) groups excluding carboxylic acids is 1. The maximum Gasteiger partial charge on any atom is 0.264 e. The highest BCUT2D eigenvalue weighted by molar-refractivity contribution is 5.90. The summed E-state index contributed by atoms with van der Waals surface area (Å²) < 4.78 is 7.33. The number of anilines is 1. The molecule has 0 aromatic carbocycles. The number of aromatic amines is 1. The van der Waals surface area contributed by atoms with Crippen LogP contribution in [-0.4, -0.2) is 37.1 Å². The number of carbonyl (C=O) groups is 1. The van der Waals surface area contributed by atoms with Gasteiger partial charge >= 0.3 is 0 Å². The number of amides is 1. The molecule has 0 aliphatic heterocycles. The van der Waals surface area contributed by atoms with Crippen molar-refractivity contribution in [1.29, 1.82) is 0 Å². The summed E-state index contributed by atoms with van der Waals surface area (Å²) in [5.41, 5.74) is 1.56. The molecule has 0 aliphatic rings. The first kappa shape index (κ1) is 12.2. The number of imidazole rings is 1. The van der Waals surface area contributed by atoms with Gasteiger partial charge in [0.15, 0.2) is 18.0 Å². The Hall–Kier alpha value is -2.90. The molecular formula is C12H12N6O2. The molecule has 102 valence electrons. The van der Waals surface area contributed by atoms with Gasteiger partial charge in [-0.3, -0.25) is 10.1 Å². The molecule has 0 bridgehead atoms. The van der Waals surface area contributed by atoms with E-state index in [4.69, 9.17) is 4.74 Å². The fourth-order valence-electron chi connectivity index (χ4n) is 1.80. The van der Waals surface area contributed by atoms with Crippen LogP contribution >= 0.6 is 0 Å². The molecule has 0 atom stereocenters. The molecule has 3 aromatic heterocycles. The third kappa shape index (κ3) is 2.44. The molecule has 0 saturated heterocycles. The SMILES string of the molecule is Cc1cn2cccc(OCC(=O)Nc3ncn[nH]3)c2n1. The van der Waals surface area contributed by atoms with E-state index in [1.54, 1.807) is 6.07 Å². The summed E-state index contributed by atoms with van der Waals surface area (Å²) in [6.45, 7) is 1.76. The van der Waals surface area contributed by atoms with E-state index in [0.29, 0.717) is 11.4 Å². The first-order valence-corrected chi connectivity index (χ1v) is 5.95. The van der Waals surface area contributed by atoms with Crippen LogP contribution in [0.5, 0.6) is 5.75 Å². The lowest BCUT2D eigenvalue weighted by atomic mass is 10.4. The molecule has 1 amide bonds. The van der Waals surface area contributed by atoms with Crippen molar-refractivity contribution in [3.8, 4) is 5.75 Å². The van der Waals surface area contributed by atoms with E-state index in [9.17, 15) is 4.79 Å². The maximum atomic E-state index is 11.7. The Morgan fingerprint density at radius 2 is 2.45 bits per heavy atom. The Morgan fingerprint density at radius 1 is 1.55 bits per heavy atom. The highest BCUT2D eigenvalue weighted by Crippen LogP contribution is 2.18. The molecule has 0 aliphatic carbocycles. The second-order valence-electron chi connectivity index (χ2n) is 4.16. The van der Waals surface area contributed by atoms with Gasteiger partial charge in [0, 0.05) is 12.4 Å². The predicted octanol–water partition coefficient (Wildman–Crippen LogP) is 0.778. The van der Waals surface area contributed by atoms with Crippen LogP contribution in [0, 0.1) is 6.92 Å². The molecule has 3 rings (SSSR count). The Bertz CT molecular complexity index is 734. The number of aromatic nitrogens is 5. The lowest BCUT2D eigenvalue weighted by Crippen LogP contribution is -2.21. The molecule has 0 spiro atoms. The van der Waals surface area contributed by atoms with Crippen LogP contribution in [-0.2, 0) is 4.79 Å². The first-order chi connectivity index (χ1) is 9.72. The van der Waals surface area contributed by atoms with Gasteiger partial charge in [0.05, 0.1) is 5.69 Å². The van der Waals surface area contributed by atoms with E-state index in [0.717, 1.165) is 5.69 Å². The number of hydrogen-bond acceptors (Lipinski definition) is 5. The topological polar surface area (TPSA) is 97.2 Å². The number of ether oxygens (including phenoxy) is 1. The Kier molecular flexibility index (Phi) is 3.04. The highest BCUT2D eigenvalue weighted by Gasteiger charge is 2.09. The van der Waals surface area contributed by atoms with Gasteiger partial charge in [-0.25, -0.2) is 10.1 Å². The van der Waals surface area contributed by atoms with E-state index in [-0.39, 0.29) is 18.5 Å². The van der Waals surface area contributed by atoms with Gasteiger partial charge in [-0.1, -0.05) is 0 Å². The molecule has 3 heterocycles. The molecule has 2 N–H and O–H groups in total. The number of rotatable bonds is 4. The van der Waals surface area contributed by atoms with Crippen LogP contribution in [0.2, 0.25) is 0 Å². The number of nitrogens with zero attached hydrogens (tertiary/aromatic N) is 4. The minimum Gasteiger partial charge on any atom is -0.480 e. The summed E-state index contributed by atoms with van der Waals surface area (Å²) in [6, 6.07) is 3.60. The van der Waals surface area contributed by atoms with E-state index in [2.05, 4.69) is 25.5 Å². The van der Waals surface area contributed by atoms with Crippen molar-refractivity contribution in [2.75, 3.05) is 11.9 Å². The smallest absolute Gasteiger partial charge is 0.264 e. The lowest BCUT2D eigenvalue weighted by molar-refractivity contribution is -0.118. The van der Waals surface area contributed by atoms with Gasteiger partial charge in [-0.05, 0) is 19.1 Å². The zero-order valence-electron chi connectivity index (χ0n) is 10.7. The largest absolute Gasteiger partial charge is 0.480 e. The lowest BCUT2D eigenvalue weighted by Gasteiger charge is -2.06. The monoisotopic (exact) mass is 272 g/mol. The summed E-state index contributed by atoms with van der Waals surface area (Å²) in [6.07, 6.45) is 5.07. The molecule has 20 heavy (non-hydrogen) atoms. The minimum absolute atomic E-state index is 0.133. The average Bonchev–Trinajstić information content (AvgIpc) is 3.04. The van der Waals surface area contributed by atoms with Crippen molar-refractivity contribution in [2.45, 2.75) is 6.92 Å². The molecule has 8 heteroatoms. The summed E-state index contributed by atoms with van der Waals surface area (Å²) in [4.78, 5) is 19.8. The van der Waals surface area contributed by atoms with Crippen molar-refractivity contribution in [3.63, 3.8) is 0 Å². The number of fused-ring (bicyclic) bond motifs is 1. The summed E-state index contributed by atoms with van der Waals surface area (Å²) in [5, 5.41) is 8.69. The van der Waals surface area contributed by atoms with E-state index in [1.807, 2.05) is 29.8 Å². The van der Waals surface area contributed by atoms with Crippen LogP contribution in [0.4, 0.5) is 5.95 Å². The fourth-order valence-corrected chi connectivity index (χ4v) is 1.80. The number of nitrogens with one attached hydrogen (secondary N) is 2. The van der Waals surface area contributed by atoms with E-state index < -0.39 is 0 Å². The van der Waals surface area contributed by atoms with Crippen LogP contribution < -0.4 is 10.1 Å². The zero-order chi connectivity index (χ0) is 13.9. The second kappa shape index (κ2) is 5.00. The third-order valence-electron chi connectivity index (χ3n) is 2.60. The maximum absolute atomic E-state index is 11.7. The third-order valence-corrected chi connectivity index (χ3v) is 2.60. The number of pyridine rings is 1. The zero-order valence-corrected chi connectivity index (χ0v) is 10.7. The van der Waals surface area contributed by atoms with Crippen molar-refractivity contribution in [1.82, 2.24) is 24.6 Å². The van der Waals surface area contributed by atoms with E-state index in [1.165, 1.54) is 6.33 Å². The van der Waals surface area contributed by atoms with Gasteiger partial charge < -0.3 is 9.14 Å². The van der Waals surface area contributed by atoms with Crippen molar-refractivity contribution >= 4 is 17.5 Å². The Balaban J connectivity index is 1.69. The van der Waals surface area contributed by atoms with Crippen LogP contribution in [0.15, 0.2) is 30.9 Å². The van der Waals surface area contributed by atoms with Crippen molar-refractivity contribution in [2.24, 2.45) is 0 Å². The standard InChI is InChI=1S/C12H12N6O2/c1-8-5-18-4-2-3-9(11(18)15-8)20-6-10(19)16-12-13-7-14-17-12/h2-5,7H,6H2,1H3,(H2,13,14,16,17,19). The average molecular weight is 272 g/mol. The van der Waals surface area contributed by atoms with E-state index >= 15 is 0 Å². The van der Waals surface area contributed by atoms with Crippen LogP contribution in [0.1, 0.15) is 5.69 Å². The second-order valence-corrected chi connectivity index (χ2v) is 4.16. The number of H-pyrrole nitrogens is 1. The molecule has 0 unspecified atom stereocenters. The Morgan fingerprint density at radius 3 is 3.25 bits per heavy atom. The van der Waals surface area contributed by atoms with Crippen molar-refractivity contribution in [3.05, 3.63) is 36.5 Å². The summed E-state index contributed by atoms with van der Waals surface area (Å²) >= 11 is 0. The van der Waals surface area contributed by atoms with Gasteiger partial charge in [0.2, 0.25) is 5.95 Å². The molecule has 0 radical (unpaired) electrons. The van der Waals surface area contributed by atoms with Crippen LogP contribution in [0.3, 0.4) is 0 Å². The quantitative estimate of drug-likeness (QED) is 0.731. The molecule has 3 aromatic rings. The van der Waals surface area contributed by atoms with Gasteiger partial charge in [-0.15, -0.1) is 0 Å². The molecule has 0 saturated carbocycles. The predicted molar refractivity (Wildman–Crippen MR) is 70.4 cm³/mol. The first-order valence-electron chi connectivity index (χ1n) is 5.95. The normalized spacial score (nSPS) is 10.7. The molecule has 0 fully saturated rings. The fraction of sp³-hybridized carbons (Fsp3) is 0.167. The number of hydrogen-bond donors (Lipinski definition) is 2. The summed E-state index contributed by atoms with van der Waals surface area (Å²) in [7, 11) is 0. The minimum atomic E-state index is -0.327. The highest BCUT2D eigenvalue weighted by atomic mass is 16.5. The van der Waals surface area contributed by atoms with Gasteiger partial charge in [0.1, 0.15) is 6.33 Å². The van der Waals surface area contributed by atoms with Gasteiger partial charge in [0.25, 0.3) is 5.91 Å². The van der Waals surface area contributed by atoms with Gasteiger partial charge in [-0.2, -0.15) is 10.1 Å². The summed E-state index contributed by atoms with van der Waals surface area (Å²) in [5.74, 6) is 0.508. The Labute approximate surface area is 113 Å². The van der Waals surface area contributed by atoms with Crippen molar-refractivity contribution < 1.29 is 9.53 Å². The molecule has 8 nitrogen and oxygen atoms in total.